The van der Waals surface area contributed by atoms with Crippen LogP contribution in [0.5, 0.6) is 11.5 Å². The smallest absolute Gasteiger partial charge is 0.145 e. The molecular formula is C31H40ClFN6O3. The molecule has 1 N–H and O–H groups in total. The van der Waals surface area contributed by atoms with Crippen LogP contribution in [0.15, 0.2) is 36.7 Å². The summed E-state index contributed by atoms with van der Waals surface area (Å²) in [5.41, 5.74) is 1.32. The van der Waals surface area contributed by atoms with E-state index in [1.165, 1.54) is 44.4 Å². The number of hydrogen-bond acceptors (Lipinski definition) is 9. The van der Waals surface area contributed by atoms with Crippen molar-refractivity contribution in [3.05, 3.63) is 47.5 Å². The van der Waals surface area contributed by atoms with E-state index < -0.39 is 5.82 Å². The van der Waals surface area contributed by atoms with Crippen molar-refractivity contribution in [3.8, 4) is 11.5 Å². The second-order valence-electron chi connectivity index (χ2n) is 11.5. The van der Waals surface area contributed by atoms with Crippen LogP contribution in [0.25, 0.3) is 10.9 Å². The zero-order chi connectivity index (χ0) is 28.9. The Labute approximate surface area is 251 Å². The number of ether oxygens (including phenoxy) is 3. The zero-order valence-corrected chi connectivity index (χ0v) is 25.0. The van der Waals surface area contributed by atoms with Gasteiger partial charge in [0.1, 0.15) is 42.2 Å². The Kier molecular flexibility index (Phi) is 9.56. The van der Waals surface area contributed by atoms with Gasteiger partial charge >= 0.3 is 0 Å². The van der Waals surface area contributed by atoms with Crippen molar-refractivity contribution in [3.63, 3.8) is 0 Å². The Balaban J connectivity index is 1.13. The molecule has 42 heavy (non-hydrogen) atoms. The van der Waals surface area contributed by atoms with E-state index in [1.54, 1.807) is 6.07 Å². The molecule has 226 valence electrons. The largest absolute Gasteiger partial charge is 0.492 e. The lowest BCUT2D eigenvalue weighted by molar-refractivity contribution is 0.0261. The highest BCUT2D eigenvalue weighted by molar-refractivity contribution is 6.31. The topological polar surface area (TPSA) is 75.2 Å². The van der Waals surface area contributed by atoms with E-state index >= 15 is 0 Å². The van der Waals surface area contributed by atoms with Crippen LogP contribution in [-0.4, -0.2) is 109 Å². The average molecular weight is 599 g/mol. The van der Waals surface area contributed by atoms with Gasteiger partial charge in [-0.2, -0.15) is 0 Å². The van der Waals surface area contributed by atoms with Gasteiger partial charge in [0, 0.05) is 69.4 Å². The average Bonchev–Trinajstić information content (AvgIpc) is 3.00. The molecule has 0 saturated carbocycles. The maximum atomic E-state index is 13.8. The van der Waals surface area contributed by atoms with Gasteiger partial charge in [0.15, 0.2) is 0 Å². The number of benzene rings is 2. The number of piperidine rings is 1. The van der Waals surface area contributed by atoms with Crippen LogP contribution >= 0.6 is 11.6 Å². The van der Waals surface area contributed by atoms with Gasteiger partial charge in [-0.1, -0.05) is 11.6 Å². The molecule has 3 aromatic rings. The van der Waals surface area contributed by atoms with Crippen LogP contribution < -0.4 is 14.8 Å². The summed E-state index contributed by atoms with van der Waals surface area (Å²) < 4.78 is 32.1. The van der Waals surface area contributed by atoms with Gasteiger partial charge in [-0.05, 0) is 51.2 Å². The number of nitrogens with zero attached hydrogens (tertiary/aromatic N) is 5. The number of nitrogens with one attached hydrogen (secondary N) is 1. The molecule has 6 rings (SSSR count). The van der Waals surface area contributed by atoms with E-state index in [-0.39, 0.29) is 11.1 Å². The summed E-state index contributed by atoms with van der Waals surface area (Å²) in [4.78, 5) is 16.6. The second kappa shape index (κ2) is 13.7. The number of fused-ring (bicyclic) bond motifs is 1. The highest BCUT2D eigenvalue weighted by Gasteiger charge is 2.26. The minimum absolute atomic E-state index is 0.0198. The molecule has 0 radical (unpaired) electrons. The van der Waals surface area contributed by atoms with Gasteiger partial charge in [0.25, 0.3) is 0 Å². The molecule has 11 heteroatoms. The van der Waals surface area contributed by atoms with Crippen LogP contribution in [0.3, 0.4) is 0 Å². The molecule has 3 saturated heterocycles. The lowest BCUT2D eigenvalue weighted by atomic mass is 10.0. The molecule has 0 spiro atoms. The summed E-state index contributed by atoms with van der Waals surface area (Å²) in [5, 5.41) is 4.04. The Morgan fingerprint density at radius 3 is 2.55 bits per heavy atom. The van der Waals surface area contributed by atoms with Crippen molar-refractivity contribution < 1.29 is 18.6 Å². The SMILES string of the molecule is CN1CCC(N2CCN(CCOc3cc(OC4CCOCC4)c4c(Nc5ccc(F)c(Cl)c5)ncnc4c3)CC2)CC1. The Hall–Kier alpha value is -2.76. The summed E-state index contributed by atoms with van der Waals surface area (Å²) in [5.74, 6) is 1.44. The molecule has 0 bridgehead atoms. The molecule has 1 aromatic heterocycles. The van der Waals surface area contributed by atoms with Gasteiger partial charge in [-0.15, -0.1) is 0 Å². The number of anilines is 2. The van der Waals surface area contributed by atoms with E-state index in [9.17, 15) is 4.39 Å². The van der Waals surface area contributed by atoms with E-state index in [2.05, 4.69) is 37.0 Å². The molecule has 0 aliphatic carbocycles. The first-order valence-electron chi connectivity index (χ1n) is 15.0. The van der Waals surface area contributed by atoms with Crippen molar-refractivity contribution >= 4 is 34.0 Å². The molecule has 0 atom stereocenters. The first-order chi connectivity index (χ1) is 20.5. The van der Waals surface area contributed by atoms with Crippen molar-refractivity contribution in [1.29, 1.82) is 0 Å². The lowest BCUT2D eigenvalue weighted by Gasteiger charge is -2.42. The number of halogens is 2. The minimum Gasteiger partial charge on any atom is -0.492 e. The fourth-order valence-electron chi connectivity index (χ4n) is 6.09. The van der Waals surface area contributed by atoms with Gasteiger partial charge in [-0.25, -0.2) is 14.4 Å². The van der Waals surface area contributed by atoms with E-state index in [0.29, 0.717) is 48.3 Å². The van der Waals surface area contributed by atoms with Crippen molar-refractivity contribution in [2.75, 3.05) is 78.0 Å². The maximum Gasteiger partial charge on any atom is 0.145 e. The highest BCUT2D eigenvalue weighted by Crippen LogP contribution is 2.37. The van der Waals surface area contributed by atoms with Gasteiger partial charge in [-0.3, -0.25) is 9.80 Å². The van der Waals surface area contributed by atoms with Crippen molar-refractivity contribution in [1.82, 2.24) is 24.7 Å². The lowest BCUT2D eigenvalue weighted by Crippen LogP contribution is -2.53. The van der Waals surface area contributed by atoms with Crippen LogP contribution in [0.4, 0.5) is 15.9 Å². The van der Waals surface area contributed by atoms with E-state index in [4.69, 9.17) is 25.8 Å². The standard InChI is InChI=1S/C31H40ClFN6O3/c1-37-8-4-23(5-9-37)39-12-10-38(11-13-39)14-17-41-25-19-28-30(29(20-25)42-24-6-15-40-16-7-24)31(35-21-34-28)36-22-2-3-27(33)26(32)18-22/h2-3,18-21,23-24H,4-17H2,1H3,(H,34,35,36). The van der Waals surface area contributed by atoms with E-state index in [1.807, 2.05) is 12.1 Å². The van der Waals surface area contributed by atoms with Crippen LogP contribution in [-0.2, 0) is 4.74 Å². The molecular weight excluding hydrogens is 559 g/mol. The fourth-order valence-corrected chi connectivity index (χ4v) is 6.27. The molecule has 2 aromatic carbocycles. The first kappa shape index (κ1) is 29.3. The number of aromatic nitrogens is 2. The number of rotatable bonds is 9. The number of piperazine rings is 1. The fraction of sp³-hybridized carbons (Fsp3) is 0.548. The van der Waals surface area contributed by atoms with Crippen molar-refractivity contribution in [2.24, 2.45) is 0 Å². The molecule has 3 fully saturated rings. The molecule has 9 nitrogen and oxygen atoms in total. The Morgan fingerprint density at radius 2 is 1.79 bits per heavy atom. The minimum atomic E-state index is -0.473. The molecule has 4 heterocycles. The summed E-state index contributed by atoms with van der Waals surface area (Å²) >= 11 is 6.02. The number of hydrogen-bond donors (Lipinski definition) is 1. The summed E-state index contributed by atoms with van der Waals surface area (Å²) in [6.45, 7) is 9.58. The molecule has 0 unspecified atom stereocenters. The quantitative estimate of drug-likeness (QED) is 0.373. The third-order valence-electron chi connectivity index (χ3n) is 8.61. The normalized spacial score (nSPS) is 20.2. The summed E-state index contributed by atoms with van der Waals surface area (Å²) in [6.07, 6.45) is 5.68. The molecule has 0 amide bonds. The second-order valence-corrected chi connectivity index (χ2v) is 11.9. The zero-order valence-electron chi connectivity index (χ0n) is 24.2. The third kappa shape index (κ3) is 7.23. The van der Waals surface area contributed by atoms with Gasteiger partial charge in [0.05, 0.1) is 29.1 Å². The predicted molar refractivity (Wildman–Crippen MR) is 163 cm³/mol. The van der Waals surface area contributed by atoms with Crippen LogP contribution in [0.2, 0.25) is 5.02 Å². The van der Waals surface area contributed by atoms with Crippen LogP contribution in [0, 0.1) is 5.82 Å². The summed E-state index contributed by atoms with van der Waals surface area (Å²) in [7, 11) is 2.22. The van der Waals surface area contributed by atoms with E-state index in [0.717, 1.165) is 57.0 Å². The Bertz CT molecular complexity index is 1340. The number of likely N-dealkylation sites (tertiary alicyclic amines) is 1. The molecule has 3 aliphatic heterocycles. The van der Waals surface area contributed by atoms with Crippen LogP contribution in [0.1, 0.15) is 25.7 Å². The summed E-state index contributed by atoms with van der Waals surface area (Å²) in [6, 6.07) is 9.08. The third-order valence-corrected chi connectivity index (χ3v) is 8.90. The highest BCUT2D eigenvalue weighted by atomic mass is 35.5. The predicted octanol–water partition coefficient (Wildman–Crippen LogP) is 4.81. The Morgan fingerprint density at radius 1 is 1.00 bits per heavy atom. The van der Waals surface area contributed by atoms with Crippen molar-refractivity contribution in [2.45, 2.75) is 37.8 Å². The molecule has 3 aliphatic rings. The van der Waals surface area contributed by atoms with Gasteiger partial charge in [0.2, 0.25) is 0 Å². The maximum absolute atomic E-state index is 13.8. The van der Waals surface area contributed by atoms with Gasteiger partial charge < -0.3 is 24.4 Å². The first-order valence-corrected chi connectivity index (χ1v) is 15.4. The monoisotopic (exact) mass is 598 g/mol.